The Hall–Kier alpha value is -2.90. The Morgan fingerprint density at radius 2 is 1.88 bits per heavy atom. The molecule has 10 nitrogen and oxygen atoms in total. The lowest BCUT2D eigenvalue weighted by Gasteiger charge is -2.24. The highest BCUT2D eigenvalue weighted by molar-refractivity contribution is 7.89. The molecule has 2 aromatic carbocycles. The maximum absolute atomic E-state index is 13.3. The van der Waals surface area contributed by atoms with Gasteiger partial charge in [-0.15, -0.1) is 11.3 Å². The van der Waals surface area contributed by atoms with Gasteiger partial charge in [-0.3, -0.25) is 4.90 Å². The number of aromatic nitrogens is 2. The summed E-state index contributed by atoms with van der Waals surface area (Å²) in [5.41, 5.74) is 2.63. The van der Waals surface area contributed by atoms with Gasteiger partial charge in [0.15, 0.2) is 0 Å². The maximum atomic E-state index is 13.3. The molecule has 5 rings (SSSR count). The smallest absolute Gasteiger partial charge is 0.450 e. The number of hydrogen-bond acceptors (Lipinski definition) is 7. The number of sulfonamides is 1. The van der Waals surface area contributed by atoms with E-state index in [1.54, 1.807) is 42.5 Å². The number of thiophene rings is 1. The molecule has 3 heterocycles. The van der Waals surface area contributed by atoms with E-state index in [0.29, 0.717) is 34.0 Å². The zero-order valence-electron chi connectivity index (χ0n) is 23.8. The number of likely N-dealkylation sites (tertiary alicyclic amines) is 1. The first-order chi connectivity index (χ1) is 20.4. The molecule has 0 saturated carbocycles. The molecule has 14 heteroatoms. The van der Waals surface area contributed by atoms with Crippen molar-refractivity contribution in [2.75, 3.05) is 32.5 Å². The van der Waals surface area contributed by atoms with Gasteiger partial charge < -0.3 is 14.5 Å². The van der Waals surface area contributed by atoms with Gasteiger partial charge in [0.05, 0.1) is 23.4 Å². The quantitative estimate of drug-likeness (QED) is 0.185. The van der Waals surface area contributed by atoms with E-state index in [1.807, 2.05) is 18.4 Å². The Balaban J connectivity index is 1.32. The van der Waals surface area contributed by atoms with Gasteiger partial charge in [-0.25, -0.2) is 22.1 Å². The van der Waals surface area contributed by atoms with Crippen molar-refractivity contribution >= 4 is 29.1 Å². The molecule has 230 valence electrons. The topological polar surface area (TPSA) is 134 Å². The molecule has 2 atom stereocenters. The van der Waals surface area contributed by atoms with E-state index in [9.17, 15) is 27.2 Å². The van der Waals surface area contributed by atoms with Gasteiger partial charge in [0.1, 0.15) is 17.3 Å². The Kier molecular flexibility index (Phi) is 9.52. The Labute approximate surface area is 254 Å². The van der Waals surface area contributed by atoms with Crippen LogP contribution < -0.4 is 9.46 Å². The van der Waals surface area contributed by atoms with Crippen LogP contribution in [0.4, 0.5) is 4.39 Å². The largest absolute Gasteiger partial charge is 0.497 e. The maximum Gasteiger partial charge on any atom is 0.450 e. The van der Waals surface area contributed by atoms with E-state index in [4.69, 9.17) is 4.74 Å². The average molecular weight is 649 g/mol. The fourth-order valence-corrected chi connectivity index (χ4v) is 8.38. The van der Waals surface area contributed by atoms with Crippen molar-refractivity contribution in [1.82, 2.24) is 19.2 Å². The summed E-state index contributed by atoms with van der Waals surface area (Å²) in [5.74, 6) is 0.190. The SMILES string of the molecule is COc1ccc(-c2c(CCNS(=O)(=O)CC3CCN(C(C)c4ccc(F)cc4)C3)c(-c3cccs3)nn2P(=O)(O)O)cc1. The van der Waals surface area contributed by atoms with Gasteiger partial charge in [0.2, 0.25) is 10.0 Å². The van der Waals surface area contributed by atoms with E-state index in [-0.39, 0.29) is 42.2 Å². The molecule has 0 aliphatic carbocycles. The van der Waals surface area contributed by atoms with Crippen molar-refractivity contribution in [3.63, 3.8) is 0 Å². The highest BCUT2D eigenvalue weighted by Gasteiger charge is 2.32. The second-order valence-corrected chi connectivity index (χ2v) is 14.8. The molecule has 4 aromatic rings. The average Bonchev–Trinajstić information content (AvgIpc) is 3.73. The summed E-state index contributed by atoms with van der Waals surface area (Å²) in [5, 5.41) is 6.17. The van der Waals surface area contributed by atoms with Crippen molar-refractivity contribution < 1.29 is 31.9 Å². The third-order valence-electron chi connectivity index (χ3n) is 7.70. The van der Waals surface area contributed by atoms with Crippen molar-refractivity contribution in [2.24, 2.45) is 5.92 Å². The van der Waals surface area contributed by atoms with E-state index in [2.05, 4.69) is 14.7 Å². The highest BCUT2D eigenvalue weighted by Crippen LogP contribution is 2.46. The number of nitrogens with zero attached hydrogens (tertiary/aromatic N) is 3. The predicted molar refractivity (Wildman–Crippen MR) is 165 cm³/mol. The summed E-state index contributed by atoms with van der Waals surface area (Å²) in [4.78, 5) is 23.3. The zero-order valence-corrected chi connectivity index (χ0v) is 26.3. The van der Waals surface area contributed by atoms with Crippen LogP contribution in [0.1, 0.15) is 30.5 Å². The summed E-state index contributed by atoms with van der Waals surface area (Å²) in [7, 11) is -6.98. The standard InChI is InChI=1S/C29H34FN4O6PS2/c1-20(22-5-9-24(30)10-6-22)33-16-14-21(18-33)19-43(38,39)31-15-13-26-28(27-4-3-17-42-27)32-34(41(35,36)37)29(26)23-7-11-25(40-2)12-8-23/h3-12,17,20-21,31H,13-16,18-19H2,1-2H3,(H2,35,36,37). The molecule has 3 N–H and O–H groups in total. The molecule has 1 fully saturated rings. The molecule has 2 aromatic heterocycles. The third kappa shape index (κ3) is 7.43. The van der Waals surface area contributed by atoms with Crippen molar-refractivity contribution in [3.05, 3.63) is 83.0 Å². The van der Waals surface area contributed by atoms with Crippen molar-refractivity contribution in [1.29, 1.82) is 0 Å². The van der Waals surface area contributed by atoms with E-state index >= 15 is 0 Å². The lowest BCUT2D eigenvalue weighted by molar-refractivity contribution is 0.255. The molecular weight excluding hydrogens is 614 g/mol. The van der Waals surface area contributed by atoms with Crippen molar-refractivity contribution in [2.45, 2.75) is 25.8 Å². The second kappa shape index (κ2) is 13.0. The van der Waals surface area contributed by atoms with Gasteiger partial charge in [-0.05, 0) is 85.6 Å². The second-order valence-electron chi connectivity index (χ2n) is 10.6. The van der Waals surface area contributed by atoms with Crippen LogP contribution >= 0.6 is 19.1 Å². The summed E-state index contributed by atoms with van der Waals surface area (Å²) in [6.45, 7) is 3.42. The van der Waals surface area contributed by atoms with Crippen LogP contribution in [0.15, 0.2) is 66.0 Å². The van der Waals surface area contributed by atoms with Crippen molar-refractivity contribution in [3.8, 4) is 27.6 Å². The summed E-state index contributed by atoms with van der Waals surface area (Å²) < 4.78 is 60.8. The minimum atomic E-state index is -4.85. The van der Waals surface area contributed by atoms with Crippen LogP contribution in [0.3, 0.4) is 0 Å². The molecule has 1 saturated heterocycles. The molecule has 1 aliphatic rings. The molecule has 0 amide bonds. The first-order valence-electron chi connectivity index (χ1n) is 13.8. The number of halogens is 1. The fraction of sp³-hybridized carbons (Fsp3) is 0.345. The molecular formula is C29H34FN4O6PS2. The highest BCUT2D eigenvalue weighted by atomic mass is 32.2. The summed E-state index contributed by atoms with van der Waals surface area (Å²) in [6, 6.07) is 16.8. The van der Waals surface area contributed by atoms with Crippen LogP contribution in [0.2, 0.25) is 0 Å². The number of hydrogen-bond donors (Lipinski definition) is 3. The Morgan fingerprint density at radius 1 is 1.16 bits per heavy atom. The normalized spacial score (nSPS) is 16.9. The molecule has 0 radical (unpaired) electrons. The van der Waals surface area contributed by atoms with Gasteiger partial charge in [0.25, 0.3) is 0 Å². The van der Waals surface area contributed by atoms with Crippen LogP contribution in [0.5, 0.6) is 5.75 Å². The molecule has 1 aliphatic heterocycles. The lowest BCUT2D eigenvalue weighted by atomic mass is 10.0. The van der Waals surface area contributed by atoms with Gasteiger partial charge in [-0.1, -0.05) is 18.2 Å². The van der Waals surface area contributed by atoms with Crippen LogP contribution in [0.25, 0.3) is 21.8 Å². The van der Waals surface area contributed by atoms with Crippen LogP contribution in [-0.2, 0) is 21.0 Å². The zero-order chi connectivity index (χ0) is 30.8. The van der Waals surface area contributed by atoms with Crippen LogP contribution in [0, 0.1) is 11.7 Å². The Bertz CT molecular complexity index is 1690. The molecule has 43 heavy (non-hydrogen) atoms. The third-order valence-corrected chi connectivity index (χ3v) is 10.9. The first kappa shape index (κ1) is 31.5. The fourth-order valence-electron chi connectivity index (χ4n) is 5.52. The number of methoxy groups -OCH3 is 1. The molecule has 0 bridgehead atoms. The number of ether oxygens (including phenoxy) is 1. The van der Waals surface area contributed by atoms with E-state index in [1.165, 1.54) is 30.6 Å². The van der Waals surface area contributed by atoms with Gasteiger partial charge in [0, 0.05) is 30.3 Å². The predicted octanol–water partition coefficient (Wildman–Crippen LogP) is 4.91. The number of rotatable bonds is 12. The molecule has 0 spiro atoms. The Morgan fingerprint density at radius 3 is 2.51 bits per heavy atom. The summed E-state index contributed by atoms with van der Waals surface area (Å²) in [6.07, 6.45) is 0.887. The summed E-state index contributed by atoms with van der Waals surface area (Å²) >= 11 is 1.38. The first-order valence-corrected chi connectivity index (χ1v) is 17.9. The number of benzene rings is 2. The minimum absolute atomic E-state index is 0.0269. The van der Waals surface area contributed by atoms with Gasteiger partial charge in [-0.2, -0.15) is 9.55 Å². The van der Waals surface area contributed by atoms with Gasteiger partial charge >= 0.3 is 7.75 Å². The minimum Gasteiger partial charge on any atom is -0.497 e. The lowest BCUT2D eigenvalue weighted by Crippen LogP contribution is -2.33. The van der Waals surface area contributed by atoms with Crippen LogP contribution in [-0.4, -0.2) is 65.2 Å². The van der Waals surface area contributed by atoms with E-state index < -0.39 is 17.8 Å². The van der Waals surface area contributed by atoms with E-state index in [0.717, 1.165) is 23.0 Å². The molecule has 2 unspecified atom stereocenters. The monoisotopic (exact) mass is 648 g/mol. The number of nitrogens with one attached hydrogen (secondary N) is 1.